The first-order valence-corrected chi connectivity index (χ1v) is 3.85. The third-order valence-corrected chi connectivity index (χ3v) is 1.92. The Kier molecular flexibility index (Phi) is 2.65. The van der Waals surface area contributed by atoms with Crippen molar-refractivity contribution in [1.82, 2.24) is 10.2 Å². The second-order valence-electron chi connectivity index (χ2n) is 3.06. The molecule has 1 atom stereocenters. The first kappa shape index (κ1) is 7.98. The molecular formula is C7H16N2O. The second kappa shape index (κ2) is 3.32. The molecule has 10 heavy (non-hydrogen) atoms. The molecule has 0 aliphatic carbocycles. The number of rotatable bonds is 1. The first-order chi connectivity index (χ1) is 4.70. The highest BCUT2D eigenvalue weighted by Gasteiger charge is 2.18. The van der Waals surface area contributed by atoms with Gasteiger partial charge in [0, 0.05) is 25.7 Å². The SMILES string of the molecule is CC(C)N1CCNC(O)C1. The fourth-order valence-corrected chi connectivity index (χ4v) is 1.22. The van der Waals surface area contributed by atoms with Crippen LogP contribution in [0.2, 0.25) is 0 Å². The van der Waals surface area contributed by atoms with Gasteiger partial charge in [-0.1, -0.05) is 0 Å². The number of nitrogens with one attached hydrogen (secondary N) is 1. The average molecular weight is 144 g/mol. The first-order valence-electron chi connectivity index (χ1n) is 3.85. The number of β-amino-alcohol motifs (C(OH)–C–C–N with tert-alkyl or cyclic N) is 1. The predicted molar refractivity (Wildman–Crippen MR) is 40.7 cm³/mol. The van der Waals surface area contributed by atoms with Crippen molar-refractivity contribution >= 4 is 0 Å². The van der Waals surface area contributed by atoms with E-state index < -0.39 is 0 Å². The summed E-state index contributed by atoms with van der Waals surface area (Å²) in [5.41, 5.74) is 0. The Balaban J connectivity index is 2.32. The minimum Gasteiger partial charge on any atom is -0.377 e. The van der Waals surface area contributed by atoms with Gasteiger partial charge in [-0.25, -0.2) is 0 Å². The molecule has 1 rings (SSSR count). The average Bonchev–Trinajstić information content (AvgIpc) is 1.88. The van der Waals surface area contributed by atoms with Gasteiger partial charge < -0.3 is 5.11 Å². The summed E-state index contributed by atoms with van der Waals surface area (Å²) in [6, 6.07) is 0.553. The van der Waals surface area contributed by atoms with Crippen LogP contribution >= 0.6 is 0 Å². The number of aliphatic hydroxyl groups excluding tert-OH is 1. The molecule has 0 aromatic carbocycles. The summed E-state index contributed by atoms with van der Waals surface area (Å²) in [7, 11) is 0. The van der Waals surface area contributed by atoms with E-state index in [1.807, 2.05) is 0 Å². The molecule has 3 nitrogen and oxygen atoms in total. The monoisotopic (exact) mass is 144 g/mol. The summed E-state index contributed by atoms with van der Waals surface area (Å²) < 4.78 is 0. The van der Waals surface area contributed by atoms with Gasteiger partial charge in [0.25, 0.3) is 0 Å². The normalized spacial score (nSPS) is 29.4. The van der Waals surface area contributed by atoms with Gasteiger partial charge in [0.15, 0.2) is 0 Å². The van der Waals surface area contributed by atoms with E-state index in [1.54, 1.807) is 0 Å². The van der Waals surface area contributed by atoms with Crippen molar-refractivity contribution < 1.29 is 5.11 Å². The number of hydrogen-bond donors (Lipinski definition) is 2. The highest BCUT2D eigenvalue weighted by atomic mass is 16.3. The van der Waals surface area contributed by atoms with Crippen LogP contribution in [0.15, 0.2) is 0 Å². The fraction of sp³-hybridized carbons (Fsp3) is 1.00. The number of hydrogen-bond acceptors (Lipinski definition) is 3. The van der Waals surface area contributed by atoms with Gasteiger partial charge in [-0.3, -0.25) is 10.2 Å². The molecule has 1 aliphatic heterocycles. The van der Waals surface area contributed by atoms with Crippen LogP contribution in [0.1, 0.15) is 13.8 Å². The van der Waals surface area contributed by atoms with Crippen LogP contribution in [-0.2, 0) is 0 Å². The van der Waals surface area contributed by atoms with Crippen molar-refractivity contribution in [3.05, 3.63) is 0 Å². The van der Waals surface area contributed by atoms with Gasteiger partial charge in [-0.05, 0) is 13.8 Å². The van der Waals surface area contributed by atoms with Gasteiger partial charge in [-0.2, -0.15) is 0 Å². The van der Waals surface area contributed by atoms with Crippen LogP contribution < -0.4 is 5.32 Å². The van der Waals surface area contributed by atoms with Crippen molar-refractivity contribution in [1.29, 1.82) is 0 Å². The third kappa shape index (κ3) is 1.94. The molecule has 2 N–H and O–H groups in total. The van der Waals surface area contributed by atoms with Crippen molar-refractivity contribution in [2.45, 2.75) is 26.1 Å². The maximum atomic E-state index is 9.18. The standard InChI is InChI=1S/C7H16N2O/c1-6(2)9-4-3-8-7(10)5-9/h6-8,10H,3-5H2,1-2H3. The highest BCUT2D eigenvalue weighted by Crippen LogP contribution is 2.01. The molecule has 0 saturated carbocycles. The lowest BCUT2D eigenvalue weighted by Gasteiger charge is -2.33. The largest absolute Gasteiger partial charge is 0.377 e. The maximum absolute atomic E-state index is 9.18. The zero-order chi connectivity index (χ0) is 7.56. The molecule has 60 valence electrons. The Bertz CT molecular complexity index is 106. The minimum atomic E-state index is -0.323. The molecule has 1 aliphatic rings. The zero-order valence-electron chi connectivity index (χ0n) is 6.67. The molecule has 1 heterocycles. The van der Waals surface area contributed by atoms with Gasteiger partial charge in [0.05, 0.1) is 0 Å². The van der Waals surface area contributed by atoms with E-state index >= 15 is 0 Å². The molecule has 1 unspecified atom stereocenters. The zero-order valence-corrected chi connectivity index (χ0v) is 6.67. The molecule has 3 heteroatoms. The quantitative estimate of drug-likeness (QED) is 0.526. The maximum Gasteiger partial charge on any atom is 0.117 e. The van der Waals surface area contributed by atoms with E-state index in [-0.39, 0.29) is 6.23 Å². The Labute approximate surface area is 62.0 Å². The lowest BCUT2D eigenvalue weighted by Crippen LogP contribution is -2.52. The summed E-state index contributed by atoms with van der Waals surface area (Å²) >= 11 is 0. The van der Waals surface area contributed by atoms with Gasteiger partial charge in [-0.15, -0.1) is 0 Å². The molecule has 1 saturated heterocycles. The summed E-state index contributed by atoms with van der Waals surface area (Å²) in [4.78, 5) is 2.27. The summed E-state index contributed by atoms with van der Waals surface area (Å²) in [5.74, 6) is 0. The van der Waals surface area contributed by atoms with E-state index in [0.29, 0.717) is 6.04 Å². The molecule has 0 spiro atoms. The molecule has 0 aromatic rings. The van der Waals surface area contributed by atoms with Crippen LogP contribution in [0.25, 0.3) is 0 Å². The number of piperazine rings is 1. The Morgan fingerprint density at radius 2 is 2.30 bits per heavy atom. The van der Waals surface area contributed by atoms with Crippen molar-refractivity contribution in [3.8, 4) is 0 Å². The van der Waals surface area contributed by atoms with E-state index in [2.05, 4.69) is 24.1 Å². The van der Waals surface area contributed by atoms with Crippen LogP contribution in [0, 0.1) is 0 Å². The number of nitrogens with zero attached hydrogens (tertiary/aromatic N) is 1. The number of aliphatic hydroxyl groups is 1. The Morgan fingerprint density at radius 3 is 2.70 bits per heavy atom. The topological polar surface area (TPSA) is 35.5 Å². The lowest BCUT2D eigenvalue weighted by atomic mass is 10.2. The molecule has 0 amide bonds. The second-order valence-corrected chi connectivity index (χ2v) is 3.06. The Hall–Kier alpha value is -0.120. The molecule has 0 aromatic heterocycles. The van der Waals surface area contributed by atoms with Crippen LogP contribution in [0.5, 0.6) is 0 Å². The Morgan fingerprint density at radius 1 is 1.60 bits per heavy atom. The third-order valence-electron chi connectivity index (χ3n) is 1.92. The van der Waals surface area contributed by atoms with Gasteiger partial charge in [0.1, 0.15) is 6.23 Å². The molecule has 0 radical (unpaired) electrons. The van der Waals surface area contributed by atoms with Crippen molar-refractivity contribution in [3.63, 3.8) is 0 Å². The van der Waals surface area contributed by atoms with Crippen LogP contribution in [-0.4, -0.2) is 41.9 Å². The van der Waals surface area contributed by atoms with Gasteiger partial charge in [0.2, 0.25) is 0 Å². The summed E-state index contributed by atoms with van der Waals surface area (Å²) in [6.07, 6.45) is -0.323. The van der Waals surface area contributed by atoms with Gasteiger partial charge >= 0.3 is 0 Å². The predicted octanol–water partition coefficient (Wildman–Crippen LogP) is -0.382. The van der Waals surface area contributed by atoms with Crippen LogP contribution in [0.3, 0.4) is 0 Å². The smallest absolute Gasteiger partial charge is 0.117 e. The molecule has 1 fully saturated rings. The van der Waals surface area contributed by atoms with Crippen LogP contribution in [0.4, 0.5) is 0 Å². The summed E-state index contributed by atoms with van der Waals surface area (Å²) in [6.45, 7) is 7.02. The lowest BCUT2D eigenvalue weighted by molar-refractivity contribution is 0.0404. The molecule has 0 bridgehead atoms. The van der Waals surface area contributed by atoms with E-state index in [0.717, 1.165) is 19.6 Å². The highest BCUT2D eigenvalue weighted by molar-refractivity contribution is 4.73. The van der Waals surface area contributed by atoms with E-state index in [4.69, 9.17) is 0 Å². The minimum absolute atomic E-state index is 0.323. The van der Waals surface area contributed by atoms with Crippen molar-refractivity contribution in [2.75, 3.05) is 19.6 Å². The fourth-order valence-electron chi connectivity index (χ4n) is 1.22. The summed E-state index contributed by atoms with van der Waals surface area (Å²) in [5, 5.41) is 12.2. The molecular weight excluding hydrogens is 128 g/mol. The van der Waals surface area contributed by atoms with E-state index in [1.165, 1.54) is 0 Å². The van der Waals surface area contributed by atoms with E-state index in [9.17, 15) is 5.11 Å². The van der Waals surface area contributed by atoms with Crippen molar-refractivity contribution in [2.24, 2.45) is 0 Å².